The lowest BCUT2D eigenvalue weighted by atomic mass is 10.0. The van der Waals surface area contributed by atoms with E-state index in [1.165, 1.54) is 0 Å². The summed E-state index contributed by atoms with van der Waals surface area (Å²) in [4.78, 5) is 18.3. The van der Waals surface area contributed by atoms with Crippen LogP contribution in [0.3, 0.4) is 0 Å². The quantitative estimate of drug-likeness (QED) is 0.827. The van der Waals surface area contributed by atoms with Gasteiger partial charge in [0.2, 0.25) is 5.91 Å². The molecule has 2 N–H and O–H groups in total. The molecule has 1 amide bonds. The van der Waals surface area contributed by atoms with Crippen molar-refractivity contribution in [3.05, 3.63) is 36.2 Å². The maximum absolute atomic E-state index is 11.8. The second kappa shape index (κ2) is 8.22. The summed E-state index contributed by atoms with van der Waals surface area (Å²) in [5.41, 5.74) is 0.879. The number of aliphatic hydroxyl groups excluding tert-OH is 1. The van der Waals surface area contributed by atoms with Crippen molar-refractivity contribution in [2.75, 3.05) is 13.1 Å². The van der Waals surface area contributed by atoms with E-state index in [0.717, 1.165) is 12.0 Å². The number of carbonyl (C=O) groups is 1. The first-order valence-corrected chi connectivity index (χ1v) is 8.72. The van der Waals surface area contributed by atoms with Crippen LogP contribution in [0.4, 0.5) is 0 Å². The van der Waals surface area contributed by atoms with Crippen LogP contribution in [0.15, 0.2) is 34.9 Å². The number of hydrogen-bond acceptors (Lipinski definition) is 6. The Labute approximate surface area is 147 Å². The van der Waals surface area contributed by atoms with Gasteiger partial charge < -0.3 is 14.9 Å². The van der Waals surface area contributed by atoms with Gasteiger partial charge in [-0.3, -0.25) is 9.69 Å². The Morgan fingerprint density at radius 1 is 1.36 bits per heavy atom. The Kier molecular flexibility index (Phi) is 5.78. The molecule has 0 aliphatic carbocycles. The number of amides is 1. The van der Waals surface area contributed by atoms with Gasteiger partial charge in [-0.25, -0.2) is 0 Å². The molecule has 1 saturated heterocycles. The minimum absolute atomic E-state index is 0.0347. The smallest absolute Gasteiger partial charge is 0.257 e. The summed E-state index contributed by atoms with van der Waals surface area (Å²) in [7, 11) is 0. The number of aliphatic hydroxyl groups is 1. The van der Waals surface area contributed by atoms with Gasteiger partial charge in [0.1, 0.15) is 0 Å². The second-order valence-electron chi connectivity index (χ2n) is 6.48. The first kappa shape index (κ1) is 17.6. The van der Waals surface area contributed by atoms with E-state index in [2.05, 4.69) is 15.5 Å². The van der Waals surface area contributed by atoms with Gasteiger partial charge in [-0.15, -0.1) is 0 Å². The molecule has 0 radical (unpaired) electrons. The third-order valence-corrected chi connectivity index (χ3v) is 4.20. The molecule has 2 aromatic rings. The lowest BCUT2D eigenvalue weighted by Crippen LogP contribution is -2.52. The van der Waals surface area contributed by atoms with Gasteiger partial charge in [0.05, 0.1) is 12.6 Å². The summed E-state index contributed by atoms with van der Waals surface area (Å²) >= 11 is 0. The SMILES string of the molecule is CCCC(=O)N[C@H]1C[C@@H](O)CN(Cc2noc(-c3ccccc3)n2)C1. The van der Waals surface area contributed by atoms with Crippen LogP contribution < -0.4 is 5.32 Å². The van der Waals surface area contributed by atoms with Gasteiger partial charge in [0.15, 0.2) is 5.82 Å². The Bertz CT molecular complexity index is 689. The van der Waals surface area contributed by atoms with E-state index in [1.807, 2.05) is 42.2 Å². The second-order valence-corrected chi connectivity index (χ2v) is 6.48. The van der Waals surface area contributed by atoms with Gasteiger partial charge in [-0.1, -0.05) is 30.3 Å². The van der Waals surface area contributed by atoms with Gasteiger partial charge in [0, 0.05) is 31.1 Å². The standard InChI is InChI=1S/C18H24N4O3/c1-2-6-17(24)19-14-9-15(23)11-22(10-14)12-16-20-18(25-21-16)13-7-4-3-5-8-13/h3-5,7-8,14-15,23H,2,6,9-12H2,1H3,(H,19,24)/t14-,15+/m0/s1. The molecule has 1 aromatic carbocycles. The highest BCUT2D eigenvalue weighted by Gasteiger charge is 2.27. The highest BCUT2D eigenvalue weighted by Crippen LogP contribution is 2.18. The molecule has 1 aromatic heterocycles. The molecular formula is C18H24N4O3. The Morgan fingerprint density at radius 3 is 2.92 bits per heavy atom. The normalized spacial score (nSPS) is 21.2. The third kappa shape index (κ3) is 4.87. The average molecular weight is 344 g/mol. The number of nitrogens with zero attached hydrogens (tertiary/aromatic N) is 3. The van der Waals surface area contributed by atoms with Crippen molar-refractivity contribution in [3.63, 3.8) is 0 Å². The molecule has 1 aliphatic rings. The Balaban J connectivity index is 1.60. The van der Waals surface area contributed by atoms with Crippen LogP contribution in [0, 0.1) is 0 Å². The number of rotatable bonds is 6. The maximum Gasteiger partial charge on any atom is 0.257 e. The van der Waals surface area contributed by atoms with Crippen molar-refractivity contribution >= 4 is 5.91 Å². The molecule has 3 rings (SSSR count). The lowest BCUT2D eigenvalue weighted by molar-refractivity contribution is -0.122. The number of nitrogens with one attached hydrogen (secondary N) is 1. The zero-order valence-corrected chi connectivity index (χ0v) is 14.4. The van der Waals surface area contributed by atoms with Crippen molar-refractivity contribution in [2.24, 2.45) is 0 Å². The first-order valence-electron chi connectivity index (χ1n) is 8.72. The third-order valence-electron chi connectivity index (χ3n) is 4.20. The molecule has 7 heteroatoms. The fourth-order valence-corrected chi connectivity index (χ4v) is 3.14. The Morgan fingerprint density at radius 2 is 2.16 bits per heavy atom. The predicted octanol–water partition coefficient (Wildman–Crippen LogP) is 1.59. The molecule has 1 aliphatic heterocycles. The fraction of sp³-hybridized carbons (Fsp3) is 0.500. The van der Waals surface area contributed by atoms with E-state index in [0.29, 0.717) is 44.2 Å². The minimum atomic E-state index is -0.471. The number of aromatic nitrogens is 2. The average Bonchev–Trinajstić information content (AvgIpc) is 3.04. The van der Waals surface area contributed by atoms with Crippen LogP contribution in [0.1, 0.15) is 32.0 Å². The molecule has 25 heavy (non-hydrogen) atoms. The van der Waals surface area contributed by atoms with Gasteiger partial charge in [0.25, 0.3) is 5.89 Å². The summed E-state index contributed by atoms with van der Waals surface area (Å²) < 4.78 is 5.32. The molecular weight excluding hydrogens is 320 g/mol. The number of carbonyl (C=O) groups excluding carboxylic acids is 1. The molecule has 0 saturated carbocycles. The van der Waals surface area contributed by atoms with E-state index in [-0.39, 0.29) is 11.9 Å². The molecule has 2 heterocycles. The zero-order chi connectivity index (χ0) is 17.6. The number of likely N-dealkylation sites (tertiary alicyclic amines) is 1. The summed E-state index contributed by atoms with van der Waals surface area (Å²) in [6.07, 6.45) is 1.43. The highest BCUT2D eigenvalue weighted by atomic mass is 16.5. The maximum atomic E-state index is 11.8. The summed E-state index contributed by atoms with van der Waals surface area (Å²) in [6, 6.07) is 9.56. The van der Waals surface area contributed by atoms with E-state index in [9.17, 15) is 9.90 Å². The lowest BCUT2D eigenvalue weighted by Gasteiger charge is -2.35. The molecule has 0 spiro atoms. The number of piperidine rings is 1. The topological polar surface area (TPSA) is 91.5 Å². The number of β-amino-alcohol motifs (C(OH)–C–C–N with tert-alkyl or cyclic N) is 1. The van der Waals surface area contributed by atoms with Crippen LogP contribution in [0.5, 0.6) is 0 Å². The van der Waals surface area contributed by atoms with Gasteiger partial charge >= 0.3 is 0 Å². The van der Waals surface area contributed by atoms with Crippen molar-refractivity contribution in [1.29, 1.82) is 0 Å². The zero-order valence-electron chi connectivity index (χ0n) is 14.4. The predicted molar refractivity (Wildman–Crippen MR) is 92.5 cm³/mol. The van der Waals surface area contributed by atoms with Crippen LogP contribution in [-0.4, -0.2) is 51.3 Å². The molecule has 1 fully saturated rings. The number of hydrogen-bond donors (Lipinski definition) is 2. The summed E-state index contributed by atoms with van der Waals surface area (Å²) in [5.74, 6) is 1.10. The van der Waals surface area contributed by atoms with Crippen LogP contribution in [0.2, 0.25) is 0 Å². The van der Waals surface area contributed by atoms with E-state index in [4.69, 9.17) is 4.52 Å². The Hall–Kier alpha value is -2.25. The van der Waals surface area contributed by atoms with E-state index >= 15 is 0 Å². The molecule has 2 atom stereocenters. The van der Waals surface area contributed by atoms with Crippen molar-refractivity contribution in [3.8, 4) is 11.5 Å². The monoisotopic (exact) mass is 344 g/mol. The van der Waals surface area contributed by atoms with E-state index in [1.54, 1.807) is 0 Å². The van der Waals surface area contributed by atoms with Crippen molar-refractivity contribution in [1.82, 2.24) is 20.4 Å². The van der Waals surface area contributed by atoms with Gasteiger partial charge in [-0.2, -0.15) is 4.98 Å². The summed E-state index contributed by atoms with van der Waals surface area (Å²) in [5, 5.41) is 17.1. The molecule has 0 bridgehead atoms. The fourth-order valence-electron chi connectivity index (χ4n) is 3.14. The van der Waals surface area contributed by atoms with Crippen LogP contribution in [-0.2, 0) is 11.3 Å². The molecule has 0 unspecified atom stereocenters. The largest absolute Gasteiger partial charge is 0.392 e. The van der Waals surface area contributed by atoms with Gasteiger partial charge in [-0.05, 0) is 25.0 Å². The van der Waals surface area contributed by atoms with Crippen LogP contribution in [0.25, 0.3) is 11.5 Å². The first-order chi connectivity index (χ1) is 12.1. The number of benzene rings is 1. The minimum Gasteiger partial charge on any atom is -0.392 e. The van der Waals surface area contributed by atoms with Crippen LogP contribution >= 0.6 is 0 Å². The van der Waals surface area contributed by atoms with Crippen molar-refractivity contribution < 1.29 is 14.4 Å². The van der Waals surface area contributed by atoms with Crippen molar-refractivity contribution in [2.45, 2.75) is 44.9 Å². The summed E-state index contributed by atoms with van der Waals surface area (Å²) in [6.45, 7) is 3.66. The highest BCUT2D eigenvalue weighted by molar-refractivity contribution is 5.76. The van der Waals surface area contributed by atoms with E-state index < -0.39 is 6.10 Å². The molecule has 7 nitrogen and oxygen atoms in total. The molecule has 134 valence electrons.